The van der Waals surface area contributed by atoms with E-state index in [0.29, 0.717) is 19.2 Å². The van der Waals surface area contributed by atoms with Crippen LogP contribution in [0.15, 0.2) is 24.3 Å². The van der Waals surface area contributed by atoms with E-state index >= 15 is 0 Å². The molecular weight excluding hydrogens is 261 g/mol. The number of hydrogen-bond acceptors (Lipinski definition) is 4. The molecule has 1 fully saturated rings. The summed E-state index contributed by atoms with van der Waals surface area (Å²) in [6.45, 7) is 0.543. The Kier molecular flexibility index (Phi) is 4.19. The lowest BCUT2D eigenvalue weighted by Gasteiger charge is -2.22. The highest BCUT2D eigenvalue weighted by Crippen LogP contribution is 2.33. The third-order valence-electron chi connectivity index (χ3n) is 3.65. The Morgan fingerprint density at radius 1 is 1.25 bits per heavy atom. The standard InChI is InChI=1S/C13H14BNO5/c16-7-14-15-6-5-10(11(15)13(19)20)8-1-3-9(4-2-8)12(17)18/h1-4,7,10-11,14H,5-6H2,(H,17,18)(H,19,20)/t10-,11+/m1/s1. The molecule has 0 amide bonds. The molecule has 1 saturated heterocycles. The molecule has 2 N–H and O–H groups in total. The zero-order valence-corrected chi connectivity index (χ0v) is 10.7. The summed E-state index contributed by atoms with van der Waals surface area (Å²) in [6, 6.07) is 5.50. The molecule has 0 aliphatic carbocycles. The number of aromatic carboxylic acids is 1. The van der Waals surface area contributed by atoms with Crippen molar-refractivity contribution in [3.8, 4) is 0 Å². The third kappa shape index (κ3) is 2.72. The van der Waals surface area contributed by atoms with Crippen molar-refractivity contribution in [3.63, 3.8) is 0 Å². The van der Waals surface area contributed by atoms with Crippen LogP contribution in [0.25, 0.3) is 0 Å². The van der Waals surface area contributed by atoms with E-state index in [1.54, 1.807) is 16.9 Å². The van der Waals surface area contributed by atoms with E-state index in [9.17, 15) is 19.5 Å². The van der Waals surface area contributed by atoms with E-state index in [-0.39, 0.29) is 18.9 Å². The molecule has 0 spiro atoms. The van der Waals surface area contributed by atoms with E-state index in [1.165, 1.54) is 12.1 Å². The zero-order valence-electron chi connectivity index (χ0n) is 10.7. The molecule has 6 nitrogen and oxygen atoms in total. The molecule has 0 unspecified atom stereocenters. The van der Waals surface area contributed by atoms with Gasteiger partial charge < -0.3 is 19.8 Å². The summed E-state index contributed by atoms with van der Waals surface area (Å²) in [6.07, 6.45) is 1.34. The molecule has 2 rings (SSSR count). The van der Waals surface area contributed by atoms with Gasteiger partial charge in [-0.15, -0.1) is 0 Å². The Balaban J connectivity index is 2.24. The van der Waals surface area contributed by atoms with Crippen molar-refractivity contribution in [3.05, 3.63) is 35.4 Å². The van der Waals surface area contributed by atoms with E-state index in [0.717, 1.165) is 5.56 Å². The number of carbonyl (C=O) groups is 3. The maximum atomic E-state index is 11.4. The maximum absolute atomic E-state index is 11.4. The van der Waals surface area contributed by atoms with Gasteiger partial charge in [0.05, 0.1) is 11.7 Å². The molecule has 1 aromatic rings. The van der Waals surface area contributed by atoms with Gasteiger partial charge in [0, 0.05) is 5.92 Å². The zero-order chi connectivity index (χ0) is 14.7. The molecule has 2 atom stereocenters. The Morgan fingerprint density at radius 2 is 1.90 bits per heavy atom. The minimum absolute atomic E-state index is 0.0979. The molecule has 1 heterocycles. The highest BCUT2D eigenvalue weighted by Gasteiger charge is 2.39. The lowest BCUT2D eigenvalue weighted by atomic mass is 9.87. The van der Waals surface area contributed by atoms with Crippen LogP contribution in [-0.2, 0) is 9.59 Å². The second-order valence-corrected chi connectivity index (χ2v) is 4.77. The van der Waals surface area contributed by atoms with Crippen molar-refractivity contribution in [2.75, 3.05) is 6.54 Å². The Bertz CT molecular complexity index is 530. The van der Waals surface area contributed by atoms with Gasteiger partial charge in [-0.1, -0.05) is 12.1 Å². The van der Waals surface area contributed by atoms with E-state index < -0.39 is 18.0 Å². The van der Waals surface area contributed by atoms with Gasteiger partial charge in [0.2, 0.25) is 0 Å². The average molecular weight is 275 g/mol. The number of carbonyl (C=O) groups excluding carboxylic acids is 1. The number of carboxylic acid groups (broad SMARTS) is 2. The van der Waals surface area contributed by atoms with E-state index in [2.05, 4.69) is 0 Å². The molecule has 1 aromatic carbocycles. The summed E-state index contributed by atoms with van der Waals surface area (Å²) in [5, 5.41) is 18.2. The minimum Gasteiger partial charge on any atom is -0.480 e. The van der Waals surface area contributed by atoms with Crippen LogP contribution < -0.4 is 0 Å². The molecule has 1 aliphatic heterocycles. The van der Waals surface area contributed by atoms with Gasteiger partial charge in [-0.2, -0.15) is 0 Å². The summed E-state index contributed by atoms with van der Waals surface area (Å²) in [5.74, 6) is -2.20. The van der Waals surface area contributed by atoms with Crippen molar-refractivity contribution in [1.29, 1.82) is 0 Å². The van der Waals surface area contributed by atoms with Gasteiger partial charge in [0.1, 0.15) is 6.04 Å². The molecule has 0 saturated carbocycles. The molecule has 1 aliphatic rings. The van der Waals surface area contributed by atoms with Crippen molar-refractivity contribution >= 4 is 25.5 Å². The molecule has 20 heavy (non-hydrogen) atoms. The summed E-state index contributed by atoms with van der Waals surface area (Å²) < 4.78 is 0. The van der Waals surface area contributed by atoms with Crippen LogP contribution in [0.3, 0.4) is 0 Å². The maximum Gasteiger partial charge on any atom is 0.335 e. The van der Waals surface area contributed by atoms with Crippen LogP contribution in [0.4, 0.5) is 0 Å². The first kappa shape index (κ1) is 14.3. The number of rotatable bonds is 5. The van der Waals surface area contributed by atoms with Crippen LogP contribution >= 0.6 is 0 Å². The average Bonchev–Trinajstić information content (AvgIpc) is 2.83. The number of nitrogens with zero attached hydrogens (tertiary/aromatic N) is 1. The Hall–Kier alpha value is -2.15. The molecule has 0 bridgehead atoms. The predicted molar refractivity (Wildman–Crippen MR) is 72.8 cm³/mol. The van der Waals surface area contributed by atoms with Gasteiger partial charge in [0.25, 0.3) is 7.41 Å². The molecule has 7 heteroatoms. The summed E-state index contributed by atoms with van der Waals surface area (Å²) >= 11 is 0. The quantitative estimate of drug-likeness (QED) is 0.587. The second kappa shape index (κ2) is 5.87. The van der Waals surface area contributed by atoms with Crippen molar-refractivity contribution in [1.82, 2.24) is 4.81 Å². The summed E-state index contributed by atoms with van der Waals surface area (Å²) in [7, 11) is 0.0979. The lowest BCUT2D eigenvalue weighted by molar-refractivity contribution is -0.141. The lowest BCUT2D eigenvalue weighted by Crippen LogP contribution is -2.41. The normalized spacial score (nSPS) is 22.4. The fourth-order valence-corrected chi connectivity index (χ4v) is 2.71. The van der Waals surface area contributed by atoms with Crippen LogP contribution in [0.2, 0.25) is 0 Å². The first-order valence-electron chi connectivity index (χ1n) is 6.28. The van der Waals surface area contributed by atoms with Crippen molar-refractivity contribution in [2.45, 2.75) is 18.4 Å². The van der Waals surface area contributed by atoms with Crippen LogP contribution in [0.1, 0.15) is 28.3 Å². The number of benzene rings is 1. The van der Waals surface area contributed by atoms with Crippen molar-refractivity contribution < 1.29 is 24.6 Å². The fourth-order valence-electron chi connectivity index (χ4n) is 2.71. The summed E-state index contributed by atoms with van der Waals surface area (Å²) in [4.78, 5) is 34.4. The number of hydrogen-bond donors (Lipinski definition) is 2. The third-order valence-corrected chi connectivity index (χ3v) is 3.65. The van der Waals surface area contributed by atoms with Crippen molar-refractivity contribution in [2.24, 2.45) is 0 Å². The van der Waals surface area contributed by atoms with Crippen LogP contribution in [-0.4, -0.2) is 53.1 Å². The second-order valence-electron chi connectivity index (χ2n) is 4.77. The van der Waals surface area contributed by atoms with Gasteiger partial charge in [0.15, 0.2) is 0 Å². The highest BCUT2D eigenvalue weighted by atomic mass is 16.4. The van der Waals surface area contributed by atoms with E-state index in [4.69, 9.17) is 5.11 Å². The Labute approximate surface area is 116 Å². The first-order valence-corrected chi connectivity index (χ1v) is 6.28. The molecule has 0 aromatic heterocycles. The monoisotopic (exact) mass is 275 g/mol. The largest absolute Gasteiger partial charge is 0.480 e. The predicted octanol–water partition coefficient (Wildman–Crippen LogP) is 0.169. The minimum atomic E-state index is -1.01. The van der Waals surface area contributed by atoms with E-state index in [1.807, 2.05) is 0 Å². The Morgan fingerprint density at radius 3 is 2.40 bits per heavy atom. The van der Waals surface area contributed by atoms with Gasteiger partial charge in [-0.3, -0.25) is 4.79 Å². The topological polar surface area (TPSA) is 94.9 Å². The van der Waals surface area contributed by atoms with Gasteiger partial charge >= 0.3 is 11.9 Å². The van der Waals surface area contributed by atoms with Crippen LogP contribution in [0, 0.1) is 0 Å². The summed E-state index contributed by atoms with van der Waals surface area (Å²) in [5.41, 5.74) is 0.958. The first-order chi connectivity index (χ1) is 9.54. The van der Waals surface area contributed by atoms with Gasteiger partial charge in [-0.05, 0) is 30.7 Å². The van der Waals surface area contributed by atoms with Gasteiger partial charge in [-0.25, -0.2) is 4.79 Å². The number of carboxylic acids is 2. The SMILES string of the molecule is O=CBN1CC[C@H](c2ccc(C(=O)O)cc2)[C@H]1C(=O)O. The fraction of sp³-hybridized carbons (Fsp3) is 0.308. The smallest absolute Gasteiger partial charge is 0.335 e. The number of aliphatic carboxylic acids is 1. The van der Waals surface area contributed by atoms with Crippen LogP contribution in [0.5, 0.6) is 0 Å². The molecule has 0 radical (unpaired) electrons. The molecular formula is C13H14BNO5. The molecule has 104 valence electrons. The highest BCUT2D eigenvalue weighted by molar-refractivity contribution is 6.64.